The number of nitrogens with zero attached hydrogens (tertiary/aromatic N) is 1. The van der Waals surface area contributed by atoms with Crippen molar-refractivity contribution in [2.45, 2.75) is 35.9 Å². The molecule has 0 amide bonds. The molecule has 0 aliphatic carbocycles. The standard InChI is InChI=1S/C11H23GeNO5Si2/c1-13-6-10(14)16-12(17-11(15)7-13)8-19(2,3)18-20(4,5)9-12/h6-9H2,1-5H3. The van der Waals surface area contributed by atoms with Crippen LogP contribution in [0.5, 0.6) is 0 Å². The average molecular weight is 378 g/mol. The van der Waals surface area contributed by atoms with Crippen LogP contribution in [0.3, 0.4) is 0 Å². The molecule has 2 heterocycles. The fraction of sp³-hybridized carbons (Fsp3) is 0.818. The Morgan fingerprint density at radius 3 is 1.75 bits per heavy atom. The Balaban J connectivity index is 2.30. The van der Waals surface area contributed by atoms with Gasteiger partial charge < -0.3 is 0 Å². The Bertz CT molecular complexity index is 405. The van der Waals surface area contributed by atoms with Gasteiger partial charge in [0.15, 0.2) is 0 Å². The molecule has 0 radical (unpaired) electrons. The normalized spacial score (nSPS) is 29.2. The molecule has 0 N–H and O–H groups in total. The van der Waals surface area contributed by atoms with Gasteiger partial charge in [0.1, 0.15) is 0 Å². The Morgan fingerprint density at radius 1 is 0.950 bits per heavy atom. The van der Waals surface area contributed by atoms with E-state index in [9.17, 15) is 9.59 Å². The number of hydrogen-bond acceptors (Lipinski definition) is 6. The van der Waals surface area contributed by atoms with E-state index in [1.54, 1.807) is 11.9 Å². The topological polar surface area (TPSA) is 65.1 Å². The fourth-order valence-electron chi connectivity index (χ4n) is 3.32. The minimum atomic E-state index is -3.40. The molecule has 0 saturated carbocycles. The van der Waals surface area contributed by atoms with Crippen molar-refractivity contribution < 1.29 is 21.2 Å². The Hall–Kier alpha value is -0.163. The van der Waals surface area contributed by atoms with Gasteiger partial charge in [-0.3, -0.25) is 0 Å². The molecule has 0 bridgehead atoms. The van der Waals surface area contributed by atoms with Crippen LogP contribution < -0.4 is 0 Å². The van der Waals surface area contributed by atoms with E-state index in [1.165, 1.54) is 0 Å². The van der Waals surface area contributed by atoms with Crippen LogP contribution in [0.15, 0.2) is 0 Å². The zero-order chi connectivity index (χ0) is 15.2. The zero-order valence-corrected chi connectivity index (χ0v) is 16.9. The summed E-state index contributed by atoms with van der Waals surface area (Å²) < 4.78 is 17.9. The molecule has 6 nitrogen and oxygen atoms in total. The molecule has 2 fully saturated rings. The summed E-state index contributed by atoms with van der Waals surface area (Å²) in [6.07, 6.45) is 0. The van der Waals surface area contributed by atoms with Crippen molar-refractivity contribution >= 4 is 42.5 Å². The van der Waals surface area contributed by atoms with Crippen molar-refractivity contribution in [1.82, 2.24) is 4.90 Å². The molecule has 2 aliphatic heterocycles. The van der Waals surface area contributed by atoms with Gasteiger partial charge in [-0.2, -0.15) is 0 Å². The predicted molar refractivity (Wildman–Crippen MR) is 81.1 cm³/mol. The number of hydrogen-bond donors (Lipinski definition) is 0. The number of carbonyl (C=O) groups excluding carboxylic acids is 2. The third-order valence-corrected chi connectivity index (χ3v) is 30.6. The number of rotatable bonds is 0. The first-order valence-corrected chi connectivity index (χ1v) is 17.7. The Morgan fingerprint density at radius 2 is 1.35 bits per heavy atom. The van der Waals surface area contributed by atoms with E-state index in [1.807, 2.05) is 0 Å². The molecule has 0 aromatic heterocycles. The first-order valence-electron chi connectivity index (χ1n) is 6.83. The van der Waals surface area contributed by atoms with Gasteiger partial charge >= 0.3 is 125 Å². The van der Waals surface area contributed by atoms with E-state index < -0.39 is 30.6 Å². The van der Waals surface area contributed by atoms with Gasteiger partial charge in [-0.15, -0.1) is 0 Å². The average Bonchev–Trinajstić information content (AvgIpc) is 2.06. The van der Waals surface area contributed by atoms with E-state index in [2.05, 4.69) is 26.2 Å². The van der Waals surface area contributed by atoms with E-state index >= 15 is 0 Å². The third kappa shape index (κ3) is 3.94. The summed E-state index contributed by atoms with van der Waals surface area (Å²) in [6, 6.07) is 0. The quantitative estimate of drug-likeness (QED) is 0.586. The third-order valence-electron chi connectivity index (χ3n) is 3.34. The molecule has 114 valence electrons. The van der Waals surface area contributed by atoms with Gasteiger partial charge in [0, 0.05) is 0 Å². The maximum atomic E-state index is 12.0. The molecule has 0 aromatic carbocycles. The van der Waals surface area contributed by atoms with Crippen LogP contribution in [0.25, 0.3) is 0 Å². The summed E-state index contributed by atoms with van der Waals surface area (Å²) in [5.74, 6) is -0.506. The number of carbonyl (C=O) groups is 2. The molecule has 0 atom stereocenters. The summed E-state index contributed by atoms with van der Waals surface area (Å²) >= 11 is -3.40. The van der Waals surface area contributed by atoms with Crippen molar-refractivity contribution in [1.29, 1.82) is 0 Å². The molecule has 0 unspecified atom stereocenters. The minimum absolute atomic E-state index is 0.160. The molecule has 2 rings (SSSR count). The van der Waals surface area contributed by atoms with E-state index in [4.69, 9.17) is 11.6 Å². The van der Waals surface area contributed by atoms with Gasteiger partial charge in [0.2, 0.25) is 0 Å². The molecule has 2 aliphatic rings. The van der Waals surface area contributed by atoms with E-state index in [-0.39, 0.29) is 25.0 Å². The maximum absolute atomic E-state index is 12.0. The monoisotopic (exact) mass is 379 g/mol. The second kappa shape index (κ2) is 5.23. The van der Waals surface area contributed by atoms with Crippen molar-refractivity contribution in [3.63, 3.8) is 0 Å². The summed E-state index contributed by atoms with van der Waals surface area (Å²) in [5, 5.41) is 0. The zero-order valence-electron chi connectivity index (χ0n) is 12.8. The molecule has 9 heteroatoms. The van der Waals surface area contributed by atoms with Crippen LogP contribution in [-0.4, -0.2) is 67.5 Å². The van der Waals surface area contributed by atoms with E-state index in [0.29, 0.717) is 9.75 Å². The Kier molecular flexibility index (Phi) is 4.24. The van der Waals surface area contributed by atoms with Gasteiger partial charge in [-0.1, -0.05) is 0 Å². The molecular formula is C11H23GeNO5Si2. The molecule has 2 saturated heterocycles. The van der Waals surface area contributed by atoms with Crippen LogP contribution in [0.4, 0.5) is 0 Å². The molecule has 20 heavy (non-hydrogen) atoms. The van der Waals surface area contributed by atoms with Crippen molar-refractivity contribution in [2.75, 3.05) is 20.1 Å². The molecule has 0 aromatic rings. The van der Waals surface area contributed by atoms with Gasteiger partial charge in [0.05, 0.1) is 0 Å². The van der Waals surface area contributed by atoms with Gasteiger partial charge in [-0.25, -0.2) is 0 Å². The van der Waals surface area contributed by atoms with Crippen LogP contribution >= 0.6 is 0 Å². The second-order valence-corrected chi connectivity index (χ2v) is 24.7. The number of likely N-dealkylation sites (N-methyl/N-ethyl adjacent to an activating group) is 1. The van der Waals surface area contributed by atoms with Crippen LogP contribution in [-0.2, 0) is 21.2 Å². The van der Waals surface area contributed by atoms with Crippen LogP contribution in [0, 0.1) is 0 Å². The summed E-state index contributed by atoms with van der Waals surface area (Å²) in [6.45, 7) is 8.82. The first kappa shape index (κ1) is 16.2. The molecular weight excluding hydrogens is 355 g/mol. The van der Waals surface area contributed by atoms with Crippen molar-refractivity contribution in [3.05, 3.63) is 0 Å². The van der Waals surface area contributed by atoms with Crippen molar-refractivity contribution in [3.8, 4) is 0 Å². The second-order valence-electron chi connectivity index (χ2n) is 7.01. The van der Waals surface area contributed by atoms with E-state index in [0.717, 1.165) is 0 Å². The fourth-order valence-corrected chi connectivity index (χ4v) is 38.6. The Labute approximate surface area is 125 Å². The summed E-state index contributed by atoms with van der Waals surface area (Å²) in [4.78, 5) is 27.1. The van der Waals surface area contributed by atoms with Crippen LogP contribution in [0.1, 0.15) is 0 Å². The van der Waals surface area contributed by atoms with Gasteiger partial charge in [0.25, 0.3) is 0 Å². The van der Waals surface area contributed by atoms with Crippen LogP contribution in [0.2, 0.25) is 35.9 Å². The van der Waals surface area contributed by atoms with Gasteiger partial charge in [-0.05, 0) is 0 Å². The summed E-state index contributed by atoms with van der Waals surface area (Å²) in [7, 11) is -2.13. The summed E-state index contributed by atoms with van der Waals surface area (Å²) in [5.41, 5.74) is 0. The first-order chi connectivity index (χ1) is 9.01. The van der Waals surface area contributed by atoms with Crippen molar-refractivity contribution in [2.24, 2.45) is 0 Å². The SMILES string of the molecule is CN1CC(=O)[O][Ge]2([CH2][Si](C)(C)O[Si](C)(C)[CH2]2)[O]C(=O)C1. The molecule has 1 spiro atoms. The predicted octanol–water partition coefficient (Wildman–Crippen LogP) is 0.979.